The van der Waals surface area contributed by atoms with Gasteiger partial charge in [-0.25, -0.2) is 0 Å². The zero-order valence-corrected chi connectivity index (χ0v) is 14.3. The lowest BCUT2D eigenvalue weighted by Gasteiger charge is -2.37. The number of benzene rings is 1. The Morgan fingerprint density at radius 2 is 1.67 bits per heavy atom. The van der Waals surface area contributed by atoms with Crippen LogP contribution in [0.25, 0.3) is 0 Å². The first kappa shape index (κ1) is 16.9. The quantitative estimate of drug-likeness (QED) is 0.877. The first-order chi connectivity index (χ1) is 11.6. The third kappa shape index (κ3) is 3.44. The molecule has 0 spiro atoms. The highest BCUT2D eigenvalue weighted by molar-refractivity contribution is 5.94. The highest BCUT2D eigenvalue weighted by atomic mass is 16.2. The molecule has 2 saturated heterocycles. The van der Waals surface area contributed by atoms with Crippen LogP contribution in [-0.4, -0.2) is 72.3 Å². The second-order valence-corrected chi connectivity index (χ2v) is 6.66. The van der Waals surface area contributed by atoms with Crippen LogP contribution < -0.4 is 5.73 Å². The Kier molecular flexibility index (Phi) is 5.16. The lowest BCUT2D eigenvalue weighted by atomic mass is 10.1. The molecule has 2 fully saturated rings. The van der Waals surface area contributed by atoms with Crippen LogP contribution in [0.4, 0.5) is 0 Å². The average Bonchev–Trinajstić information content (AvgIpc) is 3.06. The Morgan fingerprint density at radius 3 is 2.21 bits per heavy atom. The predicted molar refractivity (Wildman–Crippen MR) is 92.5 cm³/mol. The maximum absolute atomic E-state index is 12.6. The summed E-state index contributed by atoms with van der Waals surface area (Å²) in [4.78, 5) is 31.0. The van der Waals surface area contributed by atoms with E-state index in [0.29, 0.717) is 38.3 Å². The van der Waals surface area contributed by atoms with Crippen molar-refractivity contribution in [2.75, 3.05) is 39.8 Å². The molecule has 2 aliphatic rings. The van der Waals surface area contributed by atoms with Gasteiger partial charge in [-0.15, -0.1) is 0 Å². The summed E-state index contributed by atoms with van der Waals surface area (Å²) in [6.07, 6.45) is 2.03. The van der Waals surface area contributed by atoms with Gasteiger partial charge < -0.3 is 15.5 Å². The summed E-state index contributed by atoms with van der Waals surface area (Å²) >= 11 is 0. The Bertz CT molecular complexity index is 594. The van der Waals surface area contributed by atoms with Gasteiger partial charge in [0.15, 0.2) is 0 Å². The molecule has 1 unspecified atom stereocenters. The standard InChI is InChI=1S/C18H26N4O2/c1-20-8-2-3-16(20)18(24)22-11-9-21(10-12-22)17(23)15-6-4-14(13-19)5-7-15/h4-7,16H,2-3,8-13,19H2,1H3. The molecule has 2 N–H and O–H groups in total. The summed E-state index contributed by atoms with van der Waals surface area (Å²) < 4.78 is 0. The molecule has 2 aliphatic heterocycles. The predicted octanol–water partition coefficient (Wildman–Crippen LogP) is 0.524. The Morgan fingerprint density at radius 1 is 1.04 bits per heavy atom. The number of carbonyl (C=O) groups excluding carboxylic acids is 2. The van der Waals surface area contributed by atoms with Crippen molar-refractivity contribution in [3.63, 3.8) is 0 Å². The van der Waals surface area contributed by atoms with E-state index in [9.17, 15) is 9.59 Å². The average molecular weight is 330 g/mol. The zero-order chi connectivity index (χ0) is 17.1. The first-order valence-electron chi connectivity index (χ1n) is 8.67. The summed E-state index contributed by atoms with van der Waals surface area (Å²) in [6.45, 7) is 3.91. The molecule has 2 amide bonds. The molecule has 1 atom stereocenters. The molecule has 0 aliphatic carbocycles. The number of hydrogen-bond donors (Lipinski definition) is 1. The monoisotopic (exact) mass is 330 g/mol. The number of nitrogens with two attached hydrogens (primary N) is 1. The van der Waals surface area contributed by atoms with Crippen molar-refractivity contribution in [3.8, 4) is 0 Å². The minimum atomic E-state index is 0.0241. The highest BCUT2D eigenvalue weighted by Crippen LogP contribution is 2.18. The summed E-state index contributed by atoms with van der Waals surface area (Å²) in [5, 5.41) is 0. The number of amides is 2. The summed E-state index contributed by atoms with van der Waals surface area (Å²) in [6, 6.07) is 7.47. The normalized spacial score (nSPS) is 22.0. The van der Waals surface area contributed by atoms with Crippen LogP contribution in [0, 0.1) is 0 Å². The van der Waals surface area contributed by atoms with Crippen molar-refractivity contribution in [2.24, 2.45) is 5.73 Å². The Labute approximate surface area is 143 Å². The van der Waals surface area contributed by atoms with Gasteiger partial charge in [-0.05, 0) is 44.1 Å². The van der Waals surface area contributed by atoms with Crippen molar-refractivity contribution < 1.29 is 9.59 Å². The lowest BCUT2D eigenvalue weighted by Crippen LogP contribution is -2.54. The fourth-order valence-corrected chi connectivity index (χ4v) is 3.53. The maximum Gasteiger partial charge on any atom is 0.253 e. The third-order valence-electron chi connectivity index (χ3n) is 5.12. The number of nitrogens with zero attached hydrogens (tertiary/aromatic N) is 3. The molecular weight excluding hydrogens is 304 g/mol. The molecule has 3 rings (SSSR count). The first-order valence-corrected chi connectivity index (χ1v) is 8.67. The van der Waals surface area contributed by atoms with E-state index in [2.05, 4.69) is 4.90 Å². The van der Waals surface area contributed by atoms with Gasteiger partial charge in [0.25, 0.3) is 5.91 Å². The Hall–Kier alpha value is -1.92. The molecule has 1 aromatic carbocycles. The number of hydrogen-bond acceptors (Lipinski definition) is 4. The number of likely N-dealkylation sites (tertiary alicyclic amines) is 1. The number of rotatable bonds is 3. The van der Waals surface area contributed by atoms with Crippen molar-refractivity contribution >= 4 is 11.8 Å². The molecule has 6 nitrogen and oxygen atoms in total. The van der Waals surface area contributed by atoms with Gasteiger partial charge in [-0.3, -0.25) is 14.5 Å². The van der Waals surface area contributed by atoms with Crippen molar-refractivity contribution in [2.45, 2.75) is 25.4 Å². The maximum atomic E-state index is 12.6. The van der Waals surface area contributed by atoms with Crippen molar-refractivity contribution in [3.05, 3.63) is 35.4 Å². The van der Waals surface area contributed by atoms with Gasteiger partial charge in [0, 0.05) is 38.3 Å². The molecule has 0 bridgehead atoms. The van der Waals surface area contributed by atoms with E-state index in [-0.39, 0.29) is 17.9 Å². The molecule has 0 saturated carbocycles. The van der Waals surface area contributed by atoms with Gasteiger partial charge >= 0.3 is 0 Å². The summed E-state index contributed by atoms with van der Waals surface area (Å²) in [5.74, 6) is 0.248. The van der Waals surface area contributed by atoms with Crippen LogP contribution in [0.5, 0.6) is 0 Å². The van der Waals surface area contributed by atoms with Gasteiger partial charge in [0.1, 0.15) is 0 Å². The van der Waals surface area contributed by atoms with Crippen LogP contribution in [0.2, 0.25) is 0 Å². The van der Waals surface area contributed by atoms with Gasteiger partial charge in [0.05, 0.1) is 6.04 Å². The van der Waals surface area contributed by atoms with Gasteiger partial charge in [-0.1, -0.05) is 12.1 Å². The van der Waals surface area contributed by atoms with E-state index in [4.69, 9.17) is 5.73 Å². The number of piperazine rings is 1. The minimum absolute atomic E-state index is 0.0241. The fourth-order valence-electron chi connectivity index (χ4n) is 3.53. The SMILES string of the molecule is CN1CCCC1C(=O)N1CCN(C(=O)c2ccc(CN)cc2)CC1. The number of carbonyl (C=O) groups is 2. The van der Waals surface area contributed by atoms with Crippen LogP contribution in [0.1, 0.15) is 28.8 Å². The van der Waals surface area contributed by atoms with E-state index in [1.807, 2.05) is 41.1 Å². The molecular formula is C18H26N4O2. The van der Waals surface area contributed by atoms with Crippen molar-refractivity contribution in [1.29, 1.82) is 0 Å². The summed E-state index contributed by atoms with van der Waals surface area (Å²) in [5.41, 5.74) is 7.29. The van der Waals surface area contributed by atoms with Gasteiger partial charge in [0.2, 0.25) is 5.91 Å². The van der Waals surface area contributed by atoms with Crippen molar-refractivity contribution in [1.82, 2.24) is 14.7 Å². The second-order valence-electron chi connectivity index (χ2n) is 6.66. The van der Waals surface area contributed by atoms with Crippen LogP contribution in [0.15, 0.2) is 24.3 Å². The zero-order valence-electron chi connectivity index (χ0n) is 14.3. The fraction of sp³-hybridized carbons (Fsp3) is 0.556. The van der Waals surface area contributed by atoms with Crippen LogP contribution >= 0.6 is 0 Å². The Balaban J connectivity index is 1.56. The van der Waals surface area contributed by atoms with Gasteiger partial charge in [-0.2, -0.15) is 0 Å². The van der Waals surface area contributed by atoms with Crippen LogP contribution in [0.3, 0.4) is 0 Å². The molecule has 0 aromatic heterocycles. The van der Waals surface area contributed by atoms with E-state index >= 15 is 0 Å². The second kappa shape index (κ2) is 7.32. The summed E-state index contributed by atoms with van der Waals surface area (Å²) in [7, 11) is 2.01. The molecule has 130 valence electrons. The van der Waals surface area contributed by atoms with E-state index in [0.717, 1.165) is 24.9 Å². The highest BCUT2D eigenvalue weighted by Gasteiger charge is 2.33. The molecule has 6 heteroatoms. The largest absolute Gasteiger partial charge is 0.338 e. The molecule has 24 heavy (non-hydrogen) atoms. The minimum Gasteiger partial charge on any atom is -0.338 e. The van der Waals surface area contributed by atoms with E-state index < -0.39 is 0 Å². The molecule has 0 radical (unpaired) electrons. The van der Waals surface area contributed by atoms with Crippen LogP contribution in [-0.2, 0) is 11.3 Å². The van der Waals surface area contributed by atoms with E-state index in [1.54, 1.807) is 0 Å². The number of likely N-dealkylation sites (N-methyl/N-ethyl adjacent to an activating group) is 1. The lowest BCUT2D eigenvalue weighted by molar-refractivity contribution is -0.137. The third-order valence-corrected chi connectivity index (χ3v) is 5.12. The topological polar surface area (TPSA) is 69.9 Å². The molecule has 1 aromatic rings. The molecule has 2 heterocycles. The smallest absolute Gasteiger partial charge is 0.253 e. The van der Waals surface area contributed by atoms with E-state index in [1.165, 1.54) is 0 Å².